The fourth-order valence-corrected chi connectivity index (χ4v) is 1.73. The van der Waals surface area contributed by atoms with Gasteiger partial charge in [-0.3, -0.25) is 0 Å². The van der Waals surface area contributed by atoms with Crippen LogP contribution < -0.4 is 0 Å². The number of imidazole rings is 1. The largest absolute Gasteiger partial charge is 0.331 e. The second-order valence-electron chi connectivity index (χ2n) is 3.64. The molecule has 0 atom stereocenters. The summed E-state index contributed by atoms with van der Waals surface area (Å²) in [7, 11) is 0. The number of nitriles is 1. The van der Waals surface area contributed by atoms with Crippen LogP contribution >= 0.6 is 0 Å². The first-order chi connectivity index (χ1) is 7.83. The third-order valence-electron chi connectivity index (χ3n) is 2.53. The summed E-state index contributed by atoms with van der Waals surface area (Å²) < 4.78 is 2.11. The van der Waals surface area contributed by atoms with Crippen molar-refractivity contribution in [1.82, 2.24) is 9.55 Å². The van der Waals surface area contributed by atoms with Gasteiger partial charge in [-0.05, 0) is 17.7 Å². The molecule has 0 unspecified atom stereocenters. The Morgan fingerprint density at radius 3 is 3.06 bits per heavy atom. The summed E-state index contributed by atoms with van der Waals surface area (Å²) in [6, 6.07) is 9.83. The van der Waals surface area contributed by atoms with E-state index in [0.717, 1.165) is 24.4 Å². The molecule has 1 aromatic heterocycles. The minimum Gasteiger partial charge on any atom is -0.331 e. The van der Waals surface area contributed by atoms with Gasteiger partial charge in [-0.15, -0.1) is 0 Å². The molecule has 0 spiro atoms. The van der Waals surface area contributed by atoms with Crippen molar-refractivity contribution in [3.05, 3.63) is 53.6 Å². The third kappa shape index (κ3) is 2.12. The first-order valence-corrected chi connectivity index (χ1v) is 5.32. The van der Waals surface area contributed by atoms with Crippen LogP contribution in [0.1, 0.15) is 23.9 Å². The smallest absolute Gasteiger partial charge is 0.108 e. The van der Waals surface area contributed by atoms with Crippen LogP contribution in [0.4, 0.5) is 0 Å². The lowest BCUT2D eigenvalue weighted by atomic mass is 10.1. The van der Waals surface area contributed by atoms with Crippen molar-refractivity contribution in [2.45, 2.75) is 19.9 Å². The van der Waals surface area contributed by atoms with E-state index in [1.165, 1.54) is 0 Å². The molecule has 1 heterocycles. The molecule has 0 aliphatic rings. The van der Waals surface area contributed by atoms with E-state index in [2.05, 4.69) is 22.5 Å². The minimum atomic E-state index is 0.704. The molecule has 0 fully saturated rings. The average molecular weight is 211 g/mol. The van der Waals surface area contributed by atoms with E-state index in [9.17, 15) is 0 Å². The maximum Gasteiger partial charge on any atom is 0.108 e. The van der Waals surface area contributed by atoms with E-state index in [0.29, 0.717) is 5.56 Å². The van der Waals surface area contributed by atoms with Gasteiger partial charge >= 0.3 is 0 Å². The van der Waals surface area contributed by atoms with Crippen LogP contribution in [0.15, 0.2) is 36.7 Å². The van der Waals surface area contributed by atoms with E-state index in [1.807, 2.05) is 36.7 Å². The van der Waals surface area contributed by atoms with Crippen LogP contribution in [-0.2, 0) is 13.0 Å². The molecule has 0 aliphatic carbocycles. The first kappa shape index (κ1) is 10.4. The van der Waals surface area contributed by atoms with Crippen molar-refractivity contribution < 1.29 is 0 Å². The zero-order valence-electron chi connectivity index (χ0n) is 9.22. The molecule has 2 aromatic rings. The van der Waals surface area contributed by atoms with Gasteiger partial charge < -0.3 is 4.57 Å². The SMILES string of the molecule is CCc1nccn1Cc1cccc(C#N)c1. The molecule has 16 heavy (non-hydrogen) atoms. The lowest BCUT2D eigenvalue weighted by Gasteiger charge is -2.06. The lowest BCUT2D eigenvalue weighted by molar-refractivity contribution is 0.732. The molecule has 0 aliphatic heterocycles. The molecular weight excluding hydrogens is 198 g/mol. The van der Waals surface area contributed by atoms with Gasteiger partial charge in [-0.25, -0.2) is 4.98 Å². The highest BCUT2D eigenvalue weighted by Crippen LogP contribution is 2.08. The maximum atomic E-state index is 8.82. The Morgan fingerprint density at radius 2 is 2.31 bits per heavy atom. The number of hydrogen-bond donors (Lipinski definition) is 0. The van der Waals surface area contributed by atoms with Crippen LogP contribution in [0, 0.1) is 11.3 Å². The molecule has 3 nitrogen and oxygen atoms in total. The second-order valence-corrected chi connectivity index (χ2v) is 3.64. The Morgan fingerprint density at radius 1 is 1.44 bits per heavy atom. The van der Waals surface area contributed by atoms with Crippen molar-refractivity contribution in [1.29, 1.82) is 5.26 Å². The Hall–Kier alpha value is -2.08. The predicted molar refractivity (Wildman–Crippen MR) is 61.9 cm³/mol. The number of nitrogens with zero attached hydrogens (tertiary/aromatic N) is 3. The number of aromatic nitrogens is 2. The summed E-state index contributed by atoms with van der Waals surface area (Å²) in [5.74, 6) is 1.07. The van der Waals surface area contributed by atoms with E-state index in [-0.39, 0.29) is 0 Å². The van der Waals surface area contributed by atoms with Gasteiger partial charge in [-0.2, -0.15) is 5.26 Å². The molecule has 0 bridgehead atoms. The fourth-order valence-electron chi connectivity index (χ4n) is 1.73. The van der Waals surface area contributed by atoms with Crippen molar-refractivity contribution in [2.75, 3.05) is 0 Å². The number of benzene rings is 1. The summed E-state index contributed by atoms with van der Waals surface area (Å²) in [5.41, 5.74) is 1.84. The van der Waals surface area contributed by atoms with Gasteiger partial charge in [-0.1, -0.05) is 19.1 Å². The van der Waals surface area contributed by atoms with Gasteiger partial charge in [0.2, 0.25) is 0 Å². The summed E-state index contributed by atoms with van der Waals surface area (Å²) in [6.45, 7) is 2.86. The Balaban J connectivity index is 2.24. The third-order valence-corrected chi connectivity index (χ3v) is 2.53. The molecule has 0 saturated carbocycles. The van der Waals surface area contributed by atoms with Crippen LogP contribution in [0.2, 0.25) is 0 Å². The van der Waals surface area contributed by atoms with Crippen molar-refractivity contribution >= 4 is 0 Å². The van der Waals surface area contributed by atoms with Gasteiger partial charge in [0, 0.05) is 25.4 Å². The van der Waals surface area contributed by atoms with E-state index >= 15 is 0 Å². The predicted octanol–water partition coefficient (Wildman–Crippen LogP) is 2.37. The number of hydrogen-bond acceptors (Lipinski definition) is 2. The second kappa shape index (κ2) is 4.63. The van der Waals surface area contributed by atoms with Gasteiger partial charge in [0.1, 0.15) is 5.82 Å². The van der Waals surface area contributed by atoms with E-state index in [1.54, 1.807) is 0 Å². The molecule has 0 N–H and O–H groups in total. The summed E-state index contributed by atoms with van der Waals surface area (Å²) >= 11 is 0. The monoisotopic (exact) mass is 211 g/mol. The van der Waals surface area contributed by atoms with Gasteiger partial charge in [0.25, 0.3) is 0 Å². The summed E-state index contributed by atoms with van der Waals surface area (Å²) in [5, 5.41) is 8.82. The molecule has 1 aromatic carbocycles. The van der Waals surface area contributed by atoms with Gasteiger partial charge in [0.05, 0.1) is 11.6 Å². The molecule has 2 rings (SSSR count). The standard InChI is InChI=1S/C13H13N3/c1-2-13-15-6-7-16(13)10-12-5-3-4-11(8-12)9-14/h3-8H,2,10H2,1H3. The van der Waals surface area contributed by atoms with Crippen molar-refractivity contribution in [3.63, 3.8) is 0 Å². The maximum absolute atomic E-state index is 8.82. The van der Waals surface area contributed by atoms with E-state index in [4.69, 9.17) is 5.26 Å². The highest BCUT2D eigenvalue weighted by atomic mass is 15.1. The lowest BCUT2D eigenvalue weighted by Crippen LogP contribution is -2.03. The Kier molecular flexibility index (Phi) is 3.02. The molecular formula is C13H13N3. The van der Waals surface area contributed by atoms with Crippen molar-refractivity contribution in [3.8, 4) is 6.07 Å². The van der Waals surface area contributed by atoms with Crippen LogP contribution in [0.5, 0.6) is 0 Å². The topological polar surface area (TPSA) is 41.6 Å². The summed E-state index contributed by atoms with van der Waals surface area (Å²) in [4.78, 5) is 4.27. The fraction of sp³-hybridized carbons (Fsp3) is 0.231. The minimum absolute atomic E-state index is 0.704. The van der Waals surface area contributed by atoms with Crippen LogP contribution in [0.3, 0.4) is 0 Å². The molecule has 0 radical (unpaired) electrons. The Bertz CT molecular complexity index is 520. The molecule has 80 valence electrons. The number of rotatable bonds is 3. The normalized spacial score (nSPS) is 10.0. The summed E-state index contributed by atoms with van der Waals surface area (Å²) in [6.07, 6.45) is 4.70. The van der Waals surface area contributed by atoms with Crippen LogP contribution in [-0.4, -0.2) is 9.55 Å². The van der Waals surface area contributed by atoms with Gasteiger partial charge in [0.15, 0.2) is 0 Å². The highest BCUT2D eigenvalue weighted by Gasteiger charge is 2.01. The molecule has 3 heteroatoms. The highest BCUT2D eigenvalue weighted by molar-refractivity contribution is 5.32. The van der Waals surface area contributed by atoms with Crippen molar-refractivity contribution in [2.24, 2.45) is 0 Å². The average Bonchev–Trinajstić information content (AvgIpc) is 2.76. The number of aryl methyl sites for hydroxylation is 1. The molecule has 0 amide bonds. The zero-order valence-corrected chi connectivity index (χ0v) is 9.22. The van der Waals surface area contributed by atoms with Crippen LogP contribution in [0.25, 0.3) is 0 Å². The zero-order chi connectivity index (χ0) is 11.4. The Labute approximate surface area is 95.0 Å². The van der Waals surface area contributed by atoms with E-state index < -0.39 is 0 Å². The quantitative estimate of drug-likeness (QED) is 0.782. The molecule has 0 saturated heterocycles. The first-order valence-electron chi connectivity index (χ1n) is 5.32.